The molecule has 1 aliphatic heterocycles. The highest BCUT2D eigenvalue weighted by atomic mass is 32.2. The first-order chi connectivity index (χ1) is 6.62. The molecule has 1 unspecified atom stereocenters. The summed E-state index contributed by atoms with van der Waals surface area (Å²) in [7, 11) is -2.92. The average molecular weight is 214 g/mol. The fourth-order valence-corrected chi connectivity index (χ4v) is 3.38. The molecule has 0 spiro atoms. The number of nitrogens with zero attached hydrogens (tertiary/aromatic N) is 2. The highest BCUT2D eigenvalue weighted by Crippen LogP contribution is 2.23. The van der Waals surface area contributed by atoms with Crippen LogP contribution in [0.2, 0.25) is 0 Å². The number of hydrogen-bond donors (Lipinski definition) is 0. The minimum Gasteiger partial charge on any atom is -0.296 e. The topological polar surface area (TPSA) is 69.0 Å². The summed E-state index contributed by atoms with van der Waals surface area (Å²) >= 11 is 0. The van der Waals surface area contributed by atoms with Crippen molar-refractivity contribution in [1.29, 1.82) is 0 Å². The summed E-state index contributed by atoms with van der Waals surface area (Å²) in [6, 6.07) is 1.41. The Morgan fingerprint density at radius 2 is 2.36 bits per heavy atom. The van der Waals surface area contributed by atoms with E-state index < -0.39 is 9.84 Å². The number of rotatable bonds is 2. The van der Waals surface area contributed by atoms with Gasteiger partial charge in [0.25, 0.3) is 0 Å². The zero-order chi connectivity index (χ0) is 10.2. The van der Waals surface area contributed by atoms with Crippen LogP contribution in [-0.4, -0.2) is 36.0 Å². The second kappa shape index (κ2) is 3.20. The average Bonchev–Trinajstić information content (AvgIpc) is 2.70. The number of carbonyl (C=O) groups excluding carboxylic acids is 1. The predicted octanol–water partition coefficient (Wildman–Crippen LogP) is 0.0552. The molecule has 14 heavy (non-hydrogen) atoms. The van der Waals surface area contributed by atoms with E-state index in [0.717, 1.165) is 0 Å². The number of hydrogen-bond acceptors (Lipinski definition) is 4. The molecule has 5 nitrogen and oxygen atoms in total. The molecule has 0 bridgehead atoms. The van der Waals surface area contributed by atoms with Crippen molar-refractivity contribution in [3.05, 3.63) is 18.0 Å². The highest BCUT2D eigenvalue weighted by molar-refractivity contribution is 7.91. The van der Waals surface area contributed by atoms with Gasteiger partial charge in [0.1, 0.15) is 5.69 Å². The van der Waals surface area contributed by atoms with Gasteiger partial charge >= 0.3 is 0 Å². The molecular formula is C8H10N2O3S. The van der Waals surface area contributed by atoms with Gasteiger partial charge in [-0.05, 0) is 12.5 Å². The molecule has 6 heteroatoms. The lowest BCUT2D eigenvalue weighted by molar-refractivity contribution is 0.111. The Balaban J connectivity index is 2.29. The molecule has 1 atom stereocenters. The zero-order valence-corrected chi connectivity index (χ0v) is 8.27. The summed E-state index contributed by atoms with van der Waals surface area (Å²) in [4.78, 5) is 10.6. The van der Waals surface area contributed by atoms with Crippen molar-refractivity contribution < 1.29 is 13.2 Å². The van der Waals surface area contributed by atoms with E-state index in [4.69, 9.17) is 0 Å². The third kappa shape index (κ3) is 1.57. The Kier molecular flexibility index (Phi) is 2.14. The van der Waals surface area contributed by atoms with Gasteiger partial charge in [-0.3, -0.25) is 9.48 Å². The van der Waals surface area contributed by atoms with Crippen LogP contribution in [0.5, 0.6) is 0 Å². The second-order valence-corrected chi connectivity index (χ2v) is 5.60. The molecule has 1 aromatic heterocycles. The Bertz CT molecular complexity index is 449. The monoisotopic (exact) mass is 214 g/mol. The van der Waals surface area contributed by atoms with Crippen LogP contribution in [-0.2, 0) is 9.84 Å². The fourth-order valence-electron chi connectivity index (χ4n) is 1.69. The van der Waals surface area contributed by atoms with Crippen molar-refractivity contribution in [2.24, 2.45) is 0 Å². The minimum absolute atomic E-state index is 0.0928. The maximum atomic E-state index is 11.2. The number of carbonyl (C=O) groups is 1. The van der Waals surface area contributed by atoms with Gasteiger partial charge in [-0.25, -0.2) is 8.42 Å². The van der Waals surface area contributed by atoms with Crippen LogP contribution in [0.4, 0.5) is 0 Å². The summed E-state index contributed by atoms with van der Waals surface area (Å²) in [5, 5.41) is 3.96. The van der Waals surface area contributed by atoms with Gasteiger partial charge in [0, 0.05) is 6.20 Å². The van der Waals surface area contributed by atoms with E-state index in [2.05, 4.69) is 5.10 Å². The predicted molar refractivity (Wildman–Crippen MR) is 49.9 cm³/mol. The lowest BCUT2D eigenvalue weighted by atomic mass is 10.2. The maximum absolute atomic E-state index is 11.2. The molecule has 1 saturated heterocycles. The standard InChI is InChI=1S/C8H10N2O3S/c11-5-7-1-3-9-10(7)8-2-4-14(12,13)6-8/h1,3,5,8H,2,4,6H2. The van der Waals surface area contributed by atoms with Gasteiger partial charge in [-0.1, -0.05) is 0 Å². The van der Waals surface area contributed by atoms with Crippen molar-refractivity contribution in [1.82, 2.24) is 9.78 Å². The van der Waals surface area contributed by atoms with E-state index in [0.29, 0.717) is 18.4 Å². The van der Waals surface area contributed by atoms with Crippen molar-refractivity contribution >= 4 is 16.1 Å². The first-order valence-corrected chi connectivity index (χ1v) is 6.13. The molecule has 0 radical (unpaired) electrons. The van der Waals surface area contributed by atoms with Crippen molar-refractivity contribution in [3.63, 3.8) is 0 Å². The normalized spacial score (nSPS) is 25.0. The van der Waals surface area contributed by atoms with Crippen molar-refractivity contribution in [3.8, 4) is 0 Å². The molecule has 0 amide bonds. The van der Waals surface area contributed by atoms with E-state index >= 15 is 0 Å². The Morgan fingerprint density at radius 1 is 1.57 bits per heavy atom. The van der Waals surface area contributed by atoms with Crippen LogP contribution in [0.25, 0.3) is 0 Å². The SMILES string of the molecule is O=Cc1ccnn1C1CCS(=O)(=O)C1. The smallest absolute Gasteiger partial charge is 0.168 e. The molecule has 0 saturated carbocycles. The van der Waals surface area contributed by atoms with Crippen LogP contribution in [0.15, 0.2) is 12.3 Å². The summed E-state index contributed by atoms with van der Waals surface area (Å²) in [6.07, 6.45) is 2.75. The van der Waals surface area contributed by atoms with Gasteiger partial charge in [0.15, 0.2) is 16.1 Å². The lowest BCUT2D eigenvalue weighted by Gasteiger charge is -2.09. The summed E-state index contributed by atoms with van der Waals surface area (Å²) in [5.74, 6) is 0.283. The van der Waals surface area contributed by atoms with Crippen LogP contribution < -0.4 is 0 Å². The van der Waals surface area contributed by atoms with Crippen LogP contribution >= 0.6 is 0 Å². The number of sulfone groups is 1. The van der Waals surface area contributed by atoms with Gasteiger partial charge in [-0.2, -0.15) is 5.10 Å². The molecule has 1 fully saturated rings. The van der Waals surface area contributed by atoms with Crippen LogP contribution in [0.1, 0.15) is 23.0 Å². The summed E-state index contributed by atoms with van der Waals surface area (Å²) in [6.45, 7) is 0. The molecule has 2 heterocycles. The molecular weight excluding hydrogens is 204 g/mol. The third-order valence-electron chi connectivity index (χ3n) is 2.38. The maximum Gasteiger partial charge on any atom is 0.168 e. The quantitative estimate of drug-likeness (QED) is 0.652. The molecule has 76 valence electrons. The third-order valence-corrected chi connectivity index (χ3v) is 4.13. The second-order valence-electron chi connectivity index (χ2n) is 3.38. The zero-order valence-electron chi connectivity index (χ0n) is 7.46. The Labute approximate surface area is 81.6 Å². The number of aromatic nitrogens is 2. The summed E-state index contributed by atoms with van der Waals surface area (Å²) in [5.41, 5.74) is 0.437. The highest BCUT2D eigenvalue weighted by Gasteiger charge is 2.30. The largest absolute Gasteiger partial charge is 0.296 e. The van der Waals surface area contributed by atoms with E-state index in [9.17, 15) is 13.2 Å². The minimum atomic E-state index is -2.92. The molecule has 1 aliphatic rings. The van der Waals surface area contributed by atoms with E-state index in [-0.39, 0.29) is 17.5 Å². The van der Waals surface area contributed by atoms with Gasteiger partial charge in [0.2, 0.25) is 0 Å². The van der Waals surface area contributed by atoms with E-state index in [1.165, 1.54) is 10.9 Å². The molecule has 0 aromatic carbocycles. The lowest BCUT2D eigenvalue weighted by Crippen LogP contribution is -2.14. The van der Waals surface area contributed by atoms with Crippen molar-refractivity contribution in [2.45, 2.75) is 12.5 Å². The molecule has 0 N–H and O–H groups in total. The Hall–Kier alpha value is -1.17. The van der Waals surface area contributed by atoms with Gasteiger partial charge in [0.05, 0.1) is 17.5 Å². The summed E-state index contributed by atoms with van der Waals surface area (Å²) < 4.78 is 23.9. The molecule has 2 rings (SSSR count). The first kappa shape index (κ1) is 9.39. The van der Waals surface area contributed by atoms with Crippen LogP contribution in [0.3, 0.4) is 0 Å². The fraction of sp³-hybridized carbons (Fsp3) is 0.500. The Morgan fingerprint density at radius 3 is 2.93 bits per heavy atom. The molecule has 1 aromatic rings. The first-order valence-electron chi connectivity index (χ1n) is 4.31. The van der Waals surface area contributed by atoms with Crippen LogP contribution in [0, 0.1) is 0 Å². The van der Waals surface area contributed by atoms with E-state index in [1.54, 1.807) is 6.07 Å². The number of aldehydes is 1. The van der Waals surface area contributed by atoms with Crippen molar-refractivity contribution in [2.75, 3.05) is 11.5 Å². The molecule has 0 aliphatic carbocycles. The van der Waals surface area contributed by atoms with E-state index in [1.807, 2.05) is 0 Å². The van der Waals surface area contributed by atoms with Gasteiger partial charge < -0.3 is 0 Å². The van der Waals surface area contributed by atoms with Gasteiger partial charge in [-0.15, -0.1) is 0 Å².